The molecule has 3 rings (SSSR count). The summed E-state index contributed by atoms with van der Waals surface area (Å²) in [7, 11) is 1.97. The highest BCUT2D eigenvalue weighted by Gasteiger charge is 2.33. The van der Waals surface area contributed by atoms with Gasteiger partial charge >= 0.3 is 6.18 Å². The summed E-state index contributed by atoms with van der Waals surface area (Å²) in [6, 6.07) is 22.7. The van der Waals surface area contributed by atoms with E-state index < -0.39 is 11.7 Å². The van der Waals surface area contributed by atoms with E-state index >= 15 is 0 Å². The molecule has 0 radical (unpaired) electrons. The van der Waals surface area contributed by atoms with Gasteiger partial charge in [-0.05, 0) is 42.0 Å². The average Bonchev–Trinajstić information content (AvgIpc) is 2.68. The summed E-state index contributed by atoms with van der Waals surface area (Å²) in [5.74, 6) is 0. The number of hydrazone groups is 1. The van der Waals surface area contributed by atoms with Crippen molar-refractivity contribution in [3.8, 4) is 0 Å². The van der Waals surface area contributed by atoms with Crippen LogP contribution in [0.1, 0.15) is 11.1 Å². The lowest BCUT2D eigenvalue weighted by Gasteiger charge is -2.19. The molecular weight excluding hydrogens is 351 g/mol. The standard InChI is InChI=1S/C21H18F3N3/c1-27(17-7-3-2-4-8-17)18-13-11-16(12-14-18)15-25-26-20-10-6-5-9-19(20)21(22,23)24/h2-15,26H,1H3. The van der Waals surface area contributed by atoms with Gasteiger partial charge in [0.2, 0.25) is 0 Å². The second kappa shape index (κ2) is 7.95. The quantitative estimate of drug-likeness (QED) is 0.447. The molecule has 0 saturated carbocycles. The Hall–Kier alpha value is -3.28. The first-order chi connectivity index (χ1) is 12.9. The van der Waals surface area contributed by atoms with E-state index in [1.165, 1.54) is 24.4 Å². The van der Waals surface area contributed by atoms with Crippen LogP contribution in [0.4, 0.5) is 30.2 Å². The average molecular weight is 369 g/mol. The van der Waals surface area contributed by atoms with Gasteiger partial charge in [0.15, 0.2) is 0 Å². The van der Waals surface area contributed by atoms with Crippen molar-refractivity contribution in [3.63, 3.8) is 0 Å². The van der Waals surface area contributed by atoms with E-state index in [4.69, 9.17) is 0 Å². The van der Waals surface area contributed by atoms with E-state index in [2.05, 4.69) is 10.5 Å². The predicted octanol–water partition coefficient (Wildman–Crippen LogP) is 5.92. The molecule has 0 spiro atoms. The second-order valence-corrected chi connectivity index (χ2v) is 5.90. The molecule has 0 aromatic heterocycles. The normalized spacial score (nSPS) is 11.6. The summed E-state index contributed by atoms with van der Waals surface area (Å²) in [6.45, 7) is 0. The third-order valence-corrected chi connectivity index (χ3v) is 4.05. The lowest BCUT2D eigenvalue weighted by Crippen LogP contribution is -2.09. The van der Waals surface area contributed by atoms with Crippen molar-refractivity contribution >= 4 is 23.3 Å². The third-order valence-electron chi connectivity index (χ3n) is 4.05. The molecule has 27 heavy (non-hydrogen) atoms. The molecule has 0 saturated heterocycles. The molecular formula is C21H18F3N3. The second-order valence-electron chi connectivity index (χ2n) is 5.90. The van der Waals surface area contributed by atoms with Crippen LogP contribution in [-0.4, -0.2) is 13.3 Å². The van der Waals surface area contributed by atoms with Crippen molar-refractivity contribution in [1.82, 2.24) is 0 Å². The number of hydrogen-bond donors (Lipinski definition) is 1. The van der Waals surface area contributed by atoms with Crippen LogP contribution in [0.15, 0.2) is 84.0 Å². The summed E-state index contributed by atoms with van der Waals surface area (Å²) in [6.07, 6.45) is -2.94. The molecule has 0 unspecified atom stereocenters. The monoisotopic (exact) mass is 369 g/mol. The first-order valence-electron chi connectivity index (χ1n) is 8.29. The molecule has 0 fully saturated rings. The maximum atomic E-state index is 13.0. The molecule has 3 aromatic rings. The summed E-state index contributed by atoms with van der Waals surface area (Å²) in [5.41, 5.74) is 4.47. The summed E-state index contributed by atoms with van der Waals surface area (Å²) in [5, 5.41) is 3.93. The Balaban J connectivity index is 1.69. The van der Waals surface area contributed by atoms with Gasteiger partial charge in [-0.25, -0.2) is 0 Å². The maximum Gasteiger partial charge on any atom is 0.418 e. The zero-order valence-electron chi connectivity index (χ0n) is 14.6. The largest absolute Gasteiger partial charge is 0.418 e. The lowest BCUT2D eigenvalue weighted by atomic mass is 10.2. The highest BCUT2D eigenvalue weighted by Crippen LogP contribution is 2.34. The topological polar surface area (TPSA) is 27.6 Å². The number of benzene rings is 3. The Labute approximate surface area is 155 Å². The number of anilines is 3. The van der Waals surface area contributed by atoms with Crippen molar-refractivity contribution in [2.24, 2.45) is 5.10 Å². The molecule has 0 amide bonds. The fourth-order valence-electron chi connectivity index (χ4n) is 2.59. The van der Waals surface area contributed by atoms with Crippen LogP contribution < -0.4 is 10.3 Å². The number of halogens is 3. The van der Waals surface area contributed by atoms with Crippen LogP contribution in [0.25, 0.3) is 0 Å². The van der Waals surface area contributed by atoms with Gasteiger partial charge in [-0.2, -0.15) is 18.3 Å². The smallest absolute Gasteiger partial charge is 0.345 e. The van der Waals surface area contributed by atoms with Gasteiger partial charge in [0, 0.05) is 18.4 Å². The van der Waals surface area contributed by atoms with Crippen LogP contribution in [0, 0.1) is 0 Å². The first-order valence-corrected chi connectivity index (χ1v) is 8.29. The van der Waals surface area contributed by atoms with Crippen LogP contribution in [-0.2, 0) is 6.18 Å². The van der Waals surface area contributed by atoms with Gasteiger partial charge in [-0.15, -0.1) is 0 Å². The van der Waals surface area contributed by atoms with Gasteiger partial charge in [-0.3, -0.25) is 5.43 Å². The minimum Gasteiger partial charge on any atom is -0.345 e. The van der Waals surface area contributed by atoms with E-state index in [-0.39, 0.29) is 5.69 Å². The number of hydrogen-bond acceptors (Lipinski definition) is 3. The highest BCUT2D eigenvalue weighted by atomic mass is 19.4. The van der Waals surface area contributed by atoms with Crippen molar-refractivity contribution in [1.29, 1.82) is 0 Å². The first kappa shape index (κ1) is 18.5. The molecule has 0 heterocycles. The number of para-hydroxylation sites is 2. The zero-order valence-corrected chi connectivity index (χ0v) is 14.6. The van der Waals surface area contributed by atoms with Gasteiger partial charge in [0.05, 0.1) is 17.5 Å². The Morgan fingerprint density at radius 2 is 1.41 bits per heavy atom. The fourth-order valence-corrected chi connectivity index (χ4v) is 2.59. The lowest BCUT2D eigenvalue weighted by molar-refractivity contribution is -0.136. The molecule has 1 N–H and O–H groups in total. The zero-order chi connectivity index (χ0) is 19.3. The van der Waals surface area contributed by atoms with Crippen molar-refractivity contribution in [2.45, 2.75) is 6.18 Å². The maximum absolute atomic E-state index is 13.0. The van der Waals surface area contributed by atoms with Crippen LogP contribution in [0.5, 0.6) is 0 Å². The van der Waals surface area contributed by atoms with Gasteiger partial charge < -0.3 is 4.90 Å². The predicted molar refractivity (Wildman–Crippen MR) is 104 cm³/mol. The summed E-state index contributed by atoms with van der Waals surface area (Å²) >= 11 is 0. The molecule has 0 bridgehead atoms. The molecule has 6 heteroatoms. The van der Waals surface area contributed by atoms with Gasteiger partial charge in [-0.1, -0.05) is 42.5 Å². The van der Waals surface area contributed by atoms with E-state index in [1.807, 2.05) is 66.5 Å². The SMILES string of the molecule is CN(c1ccccc1)c1ccc(C=NNc2ccccc2C(F)(F)F)cc1. The van der Waals surface area contributed by atoms with Crippen molar-refractivity contribution in [2.75, 3.05) is 17.4 Å². The van der Waals surface area contributed by atoms with E-state index in [0.717, 1.165) is 23.0 Å². The summed E-state index contributed by atoms with van der Waals surface area (Å²) < 4.78 is 38.9. The van der Waals surface area contributed by atoms with Crippen LogP contribution >= 0.6 is 0 Å². The molecule has 0 aliphatic heterocycles. The molecule has 0 aliphatic carbocycles. The highest BCUT2D eigenvalue weighted by molar-refractivity contribution is 5.81. The number of nitrogens with zero attached hydrogens (tertiary/aromatic N) is 2. The number of rotatable bonds is 5. The number of alkyl halides is 3. The number of nitrogens with one attached hydrogen (secondary N) is 1. The molecule has 3 nitrogen and oxygen atoms in total. The Bertz CT molecular complexity index is 904. The summed E-state index contributed by atoms with van der Waals surface area (Å²) in [4.78, 5) is 2.04. The minimum atomic E-state index is -4.43. The Morgan fingerprint density at radius 3 is 2.07 bits per heavy atom. The fraction of sp³-hybridized carbons (Fsp3) is 0.0952. The van der Waals surface area contributed by atoms with Crippen LogP contribution in [0.3, 0.4) is 0 Å². The van der Waals surface area contributed by atoms with Crippen LogP contribution in [0.2, 0.25) is 0 Å². The minimum absolute atomic E-state index is 0.0818. The molecule has 0 aliphatic rings. The van der Waals surface area contributed by atoms with Crippen molar-refractivity contribution in [3.05, 3.63) is 90.0 Å². The molecule has 138 valence electrons. The third kappa shape index (κ3) is 4.67. The Kier molecular flexibility index (Phi) is 5.45. The Morgan fingerprint density at radius 1 is 0.815 bits per heavy atom. The van der Waals surface area contributed by atoms with Gasteiger partial charge in [0.1, 0.15) is 0 Å². The van der Waals surface area contributed by atoms with E-state index in [0.29, 0.717) is 0 Å². The van der Waals surface area contributed by atoms with Gasteiger partial charge in [0.25, 0.3) is 0 Å². The van der Waals surface area contributed by atoms with E-state index in [1.54, 1.807) is 0 Å². The molecule has 3 aromatic carbocycles. The molecule has 0 atom stereocenters. The van der Waals surface area contributed by atoms with E-state index in [9.17, 15) is 13.2 Å². The van der Waals surface area contributed by atoms with Crippen molar-refractivity contribution < 1.29 is 13.2 Å².